The van der Waals surface area contributed by atoms with Gasteiger partial charge < -0.3 is 14.5 Å². The van der Waals surface area contributed by atoms with E-state index < -0.39 is 16.6 Å². The number of hydrogen-bond donors (Lipinski definition) is 0. The number of sulfonamides is 1. The minimum Gasteiger partial charge on any atom is -0.495 e. The largest absolute Gasteiger partial charge is 0.495 e. The van der Waals surface area contributed by atoms with Gasteiger partial charge in [0.1, 0.15) is 12.3 Å². The molecule has 1 aliphatic heterocycles. The summed E-state index contributed by atoms with van der Waals surface area (Å²) >= 11 is 12.6. The molecule has 1 amide bonds. The molecule has 1 fully saturated rings. The van der Waals surface area contributed by atoms with Gasteiger partial charge in [-0.05, 0) is 49.4 Å². The van der Waals surface area contributed by atoms with Gasteiger partial charge in [-0.2, -0.15) is 0 Å². The number of anilines is 2. The van der Waals surface area contributed by atoms with Crippen LogP contribution in [-0.2, 0) is 14.8 Å². The molecule has 7 nitrogen and oxygen atoms in total. The first-order valence-corrected chi connectivity index (χ1v) is 13.6. The van der Waals surface area contributed by atoms with Gasteiger partial charge in [-0.25, -0.2) is 8.42 Å². The van der Waals surface area contributed by atoms with Gasteiger partial charge in [0.15, 0.2) is 0 Å². The van der Waals surface area contributed by atoms with Crippen LogP contribution in [0.5, 0.6) is 5.75 Å². The summed E-state index contributed by atoms with van der Waals surface area (Å²) in [6, 6.07) is 18.7. The molecule has 10 heteroatoms. The zero-order valence-electron chi connectivity index (χ0n) is 20.0. The Kier molecular flexibility index (Phi) is 7.97. The molecule has 0 saturated carbocycles. The molecule has 0 aliphatic carbocycles. The summed E-state index contributed by atoms with van der Waals surface area (Å²) in [5.41, 5.74) is 2.04. The van der Waals surface area contributed by atoms with Crippen LogP contribution in [0.3, 0.4) is 0 Å². The third-order valence-corrected chi connectivity index (χ3v) is 8.45. The number of aryl methyl sites for hydroxylation is 1. The lowest BCUT2D eigenvalue weighted by molar-refractivity contribution is -0.129. The van der Waals surface area contributed by atoms with E-state index in [1.54, 1.807) is 30.2 Å². The second-order valence-corrected chi connectivity index (χ2v) is 11.2. The standard InChI is InChI=1S/C26H27Cl2N3O4S/c1-19-7-10-21(11-8-19)36(33,34)31(24-17-20(27)9-12-22(24)28)18-26(32)30-15-13-29(14-16-30)23-5-3-4-6-25(23)35-2/h3-12,17H,13-16,18H2,1-2H3. The van der Waals surface area contributed by atoms with Crippen LogP contribution < -0.4 is 13.9 Å². The summed E-state index contributed by atoms with van der Waals surface area (Å²) in [4.78, 5) is 17.3. The van der Waals surface area contributed by atoms with Crippen molar-refractivity contribution in [3.05, 3.63) is 82.3 Å². The van der Waals surface area contributed by atoms with Gasteiger partial charge in [0, 0.05) is 31.2 Å². The number of para-hydroxylation sites is 2. The number of halogens is 2. The van der Waals surface area contributed by atoms with Gasteiger partial charge in [-0.3, -0.25) is 9.10 Å². The van der Waals surface area contributed by atoms with Crippen molar-refractivity contribution < 1.29 is 17.9 Å². The first kappa shape index (κ1) is 26.1. The molecule has 0 aromatic heterocycles. The number of methoxy groups -OCH3 is 1. The lowest BCUT2D eigenvalue weighted by Crippen LogP contribution is -2.52. The van der Waals surface area contributed by atoms with Crippen LogP contribution >= 0.6 is 23.2 Å². The van der Waals surface area contributed by atoms with Crippen molar-refractivity contribution in [1.82, 2.24) is 4.90 Å². The number of ether oxygens (including phenoxy) is 1. The van der Waals surface area contributed by atoms with E-state index in [1.165, 1.54) is 24.3 Å². The Hall–Kier alpha value is -2.94. The number of rotatable bonds is 7. The molecule has 0 radical (unpaired) electrons. The van der Waals surface area contributed by atoms with Crippen LogP contribution in [0.2, 0.25) is 10.0 Å². The van der Waals surface area contributed by atoms with Crippen molar-refractivity contribution in [1.29, 1.82) is 0 Å². The average molecular weight is 548 g/mol. The van der Waals surface area contributed by atoms with Gasteiger partial charge in [0.05, 0.1) is 28.4 Å². The highest BCUT2D eigenvalue weighted by Gasteiger charge is 2.32. The van der Waals surface area contributed by atoms with Crippen molar-refractivity contribution in [2.24, 2.45) is 0 Å². The Morgan fingerprint density at radius 1 is 0.972 bits per heavy atom. The molecule has 1 saturated heterocycles. The molecule has 1 aliphatic rings. The topological polar surface area (TPSA) is 70.2 Å². The Morgan fingerprint density at radius 3 is 2.31 bits per heavy atom. The zero-order valence-corrected chi connectivity index (χ0v) is 22.4. The van der Waals surface area contributed by atoms with E-state index >= 15 is 0 Å². The summed E-state index contributed by atoms with van der Waals surface area (Å²) in [7, 11) is -2.46. The van der Waals surface area contributed by atoms with E-state index in [9.17, 15) is 13.2 Å². The van der Waals surface area contributed by atoms with Crippen molar-refractivity contribution >= 4 is 50.5 Å². The lowest BCUT2D eigenvalue weighted by Gasteiger charge is -2.37. The number of piperazine rings is 1. The lowest BCUT2D eigenvalue weighted by atomic mass is 10.2. The number of hydrogen-bond acceptors (Lipinski definition) is 5. The summed E-state index contributed by atoms with van der Waals surface area (Å²) in [5, 5.41) is 0.500. The van der Waals surface area contributed by atoms with Crippen LogP contribution in [-0.4, -0.2) is 59.1 Å². The average Bonchev–Trinajstić information content (AvgIpc) is 2.89. The van der Waals surface area contributed by atoms with E-state index in [1.807, 2.05) is 31.2 Å². The SMILES string of the molecule is COc1ccccc1N1CCN(C(=O)CN(c2cc(Cl)ccc2Cl)S(=O)(=O)c2ccc(C)cc2)CC1. The molecular weight excluding hydrogens is 521 g/mol. The molecule has 3 aromatic carbocycles. The summed E-state index contributed by atoms with van der Waals surface area (Å²) in [6.45, 7) is 3.54. The predicted octanol–water partition coefficient (Wildman–Crippen LogP) is 4.85. The fourth-order valence-corrected chi connectivity index (χ4v) is 5.99. The maximum absolute atomic E-state index is 13.7. The van der Waals surface area contributed by atoms with Crippen LogP contribution in [0, 0.1) is 6.92 Å². The highest BCUT2D eigenvalue weighted by Crippen LogP contribution is 2.33. The van der Waals surface area contributed by atoms with E-state index in [0.29, 0.717) is 31.2 Å². The summed E-state index contributed by atoms with van der Waals surface area (Å²) in [6.07, 6.45) is 0. The minimum absolute atomic E-state index is 0.0675. The Balaban J connectivity index is 1.57. The van der Waals surface area contributed by atoms with Gasteiger partial charge in [-0.15, -0.1) is 0 Å². The fourth-order valence-electron chi connectivity index (χ4n) is 4.12. The minimum atomic E-state index is -4.09. The Labute approximate surface area is 221 Å². The number of carbonyl (C=O) groups excluding carboxylic acids is 1. The molecule has 3 aromatic rings. The van der Waals surface area contributed by atoms with Crippen LogP contribution in [0.1, 0.15) is 5.56 Å². The molecule has 0 spiro atoms. The smallest absolute Gasteiger partial charge is 0.264 e. The first-order chi connectivity index (χ1) is 17.2. The van der Waals surface area contributed by atoms with Crippen molar-refractivity contribution in [3.63, 3.8) is 0 Å². The zero-order chi connectivity index (χ0) is 25.9. The van der Waals surface area contributed by atoms with Crippen LogP contribution in [0.25, 0.3) is 0 Å². The first-order valence-electron chi connectivity index (χ1n) is 11.4. The molecule has 4 rings (SSSR count). The molecule has 1 heterocycles. The number of nitrogens with zero attached hydrogens (tertiary/aromatic N) is 3. The molecule has 190 valence electrons. The number of benzene rings is 3. The Morgan fingerprint density at radius 2 is 1.64 bits per heavy atom. The molecule has 0 atom stereocenters. The second-order valence-electron chi connectivity index (χ2n) is 8.46. The molecule has 0 N–H and O–H groups in total. The third-order valence-electron chi connectivity index (χ3n) is 6.12. The maximum Gasteiger partial charge on any atom is 0.264 e. The van der Waals surface area contributed by atoms with E-state index in [2.05, 4.69) is 4.90 Å². The highest BCUT2D eigenvalue weighted by atomic mass is 35.5. The summed E-state index contributed by atoms with van der Waals surface area (Å²) < 4.78 is 33.8. The van der Waals surface area contributed by atoms with Crippen LogP contribution in [0.15, 0.2) is 71.6 Å². The van der Waals surface area contributed by atoms with Gasteiger partial charge >= 0.3 is 0 Å². The molecular formula is C26H27Cl2N3O4S. The molecule has 0 unspecified atom stereocenters. The van der Waals surface area contributed by atoms with E-state index in [4.69, 9.17) is 27.9 Å². The second kappa shape index (κ2) is 11.0. The fraction of sp³-hybridized carbons (Fsp3) is 0.269. The van der Waals surface area contributed by atoms with Crippen molar-refractivity contribution in [3.8, 4) is 5.75 Å². The number of amides is 1. The summed E-state index contributed by atoms with van der Waals surface area (Å²) in [5.74, 6) is 0.449. The highest BCUT2D eigenvalue weighted by molar-refractivity contribution is 7.92. The van der Waals surface area contributed by atoms with E-state index in [-0.39, 0.29) is 21.5 Å². The van der Waals surface area contributed by atoms with Gasteiger partial charge in [-0.1, -0.05) is 53.0 Å². The number of carbonyl (C=O) groups is 1. The van der Waals surface area contributed by atoms with Gasteiger partial charge in [0.25, 0.3) is 10.0 Å². The normalized spacial score (nSPS) is 14.0. The van der Waals surface area contributed by atoms with Crippen molar-refractivity contribution in [2.75, 3.05) is 49.0 Å². The van der Waals surface area contributed by atoms with Crippen molar-refractivity contribution in [2.45, 2.75) is 11.8 Å². The molecule has 36 heavy (non-hydrogen) atoms. The van der Waals surface area contributed by atoms with Crippen LogP contribution in [0.4, 0.5) is 11.4 Å². The monoisotopic (exact) mass is 547 g/mol. The predicted molar refractivity (Wildman–Crippen MR) is 144 cm³/mol. The van der Waals surface area contributed by atoms with Gasteiger partial charge in [0.2, 0.25) is 5.91 Å². The quantitative estimate of drug-likeness (QED) is 0.422. The Bertz CT molecular complexity index is 1340. The van der Waals surface area contributed by atoms with E-state index in [0.717, 1.165) is 21.3 Å². The molecule has 0 bridgehead atoms. The maximum atomic E-state index is 13.7. The third kappa shape index (κ3) is 5.56.